The molecule has 0 aromatic heterocycles. The van der Waals surface area contributed by atoms with Crippen LogP contribution in [-0.2, 0) is 4.74 Å². The highest BCUT2D eigenvalue weighted by Gasteiger charge is 2.42. The van der Waals surface area contributed by atoms with E-state index < -0.39 is 12.3 Å². The van der Waals surface area contributed by atoms with Gasteiger partial charge in [0, 0.05) is 13.1 Å². The zero-order chi connectivity index (χ0) is 8.48. The van der Waals surface area contributed by atoms with Gasteiger partial charge in [-0.25, -0.2) is 5.01 Å². The SMILES string of the molecule is NN1CCOC(C(F)(F)F)C1. The number of nitrogens with two attached hydrogens (primary N) is 1. The lowest BCUT2D eigenvalue weighted by Crippen LogP contribution is -2.51. The first-order valence-electron chi connectivity index (χ1n) is 3.18. The number of ether oxygens (including phenoxy) is 1. The molecule has 0 radical (unpaired) electrons. The molecule has 0 saturated carbocycles. The molecule has 1 saturated heterocycles. The van der Waals surface area contributed by atoms with Gasteiger partial charge in [-0.1, -0.05) is 0 Å². The average Bonchev–Trinajstić information content (AvgIpc) is 1.86. The molecule has 1 atom stereocenters. The minimum atomic E-state index is -4.29. The Kier molecular flexibility index (Phi) is 2.36. The van der Waals surface area contributed by atoms with E-state index in [1.807, 2.05) is 0 Å². The fourth-order valence-corrected chi connectivity index (χ4v) is 0.867. The monoisotopic (exact) mass is 170 g/mol. The summed E-state index contributed by atoms with van der Waals surface area (Å²) < 4.78 is 40.2. The van der Waals surface area contributed by atoms with Crippen LogP contribution in [0.15, 0.2) is 0 Å². The molecule has 0 bridgehead atoms. The lowest BCUT2D eigenvalue weighted by molar-refractivity contribution is -0.237. The quantitative estimate of drug-likeness (QED) is 0.525. The summed E-state index contributed by atoms with van der Waals surface area (Å²) in [7, 11) is 0. The molecule has 0 amide bonds. The number of hydrazine groups is 1. The van der Waals surface area contributed by atoms with Gasteiger partial charge in [0.2, 0.25) is 0 Å². The molecule has 1 aliphatic rings. The molecule has 11 heavy (non-hydrogen) atoms. The summed E-state index contributed by atoms with van der Waals surface area (Å²) in [6, 6.07) is 0. The van der Waals surface area contributed by atoms with Crippen LogP contribution in [0.3, 0.4) is 0 Å². The summed E-state index contributed by atoms with van der Waals surface area (Å²) in [6.45, 7) is 0.122. The minimum Gasteiger partial charge on any atom is -0.366 e. The molecule has 0 spiro atoms. The Balaban J connectivity index is 2.46. The molecule has 2 N–H and O–H groups in total. The lowest BCUT2D eigenvalue weighted by Gasteiger charge is -2.30. The van der Waals surface area contributed by atoms with Gasteiger partial charge in [-0.15, -0.1) is 0 Å². The smallest absolute Gasteiger partial charge is 0.366 e. The van der Waals surface area contributed by atoms with Gasteiger partial charge < -0.3 is 4.74 Å². The van der Waals surface area contributed by atoms with Gasteiger partial charge in [0.05, 0.1) is 6.61 Å². The zero-order valence-corrected chi connectivity index (χ0v) is 5.77. The third-order valence-corrected chi connectivity index (χ3v) is 1.46. The van der Waals surface area contributed by atoms with Crippen molar-refractivity contribution in [1.82, 2.24) is 5.01 Å². The molecular weight excluding hydrogens is 161 g/mol. The molecule has 1 aliphatic heterocycles. The predicted octanol–water partition coefficient (Wildman–Crippen LogP) is 0.123. The second-order valence-electron chi connectivity index (χ2n) is 2.40. The molecule has 1 fully saturated rings. The average molecular weight is 170 g/mol. The second kappa shape index (κ2) is 2.96. The number of halogens is 3. The van der Waals surface area contributed by atoms with Crippen LogP contribution < -0.4 is 5.84 Å². The van der Waals surface area contributed by atoms with E-state index in [-0.39, 0.29) is 13.2 Å². The zero-order valence-electron chi connectivity index (χ0n) is 5.77. The second-order valence-corrected chi connectivity index (χ2v) is 2.40. The van der Waals surface area contributed by atoms with Crippen molar-refractivity contribution in [3.63, 3.8) is 0 Å². The first-order chi connectivity index (χ1) is 5.00. The highest BCUT2D eigenvalue weighted by atomic mass is 19.4. The van der Waals surface area contributed by atoms with Gasteiger partial charge >= 0.3 is 6.18 Å². The van der Waals surface area contributed by atoms with Crippen LogP contribution in [0.5, 0.6) is 0 Å². The van der Waals surface area contributed by atoms with Crippen molar-refractivity contribution >= 4 is 0 Å². The molecule has 3 nitrogen and oxygen atoms in total. The highest BCUT2D eigenvalue weighted by molar-refractivity contribution is 4.74. The number of morpholine rings is 1. The van der Waals surface area contributed by atoms with Crippen molar-refractivity contribution < 1.29 is 17.9 Å². The Bertz CT molecular complexity index is 138. The maximum Gasteiger partial charge on any atom is 0.415 e. The molecular formula is C5H9F3N2O. The first-order valence-corrected chi connectivity index (χ1v) is 3.18. The number of nitrogens with zero attached hydrogens (tertiary/aromatic N) is 1. The summed E-state index contributed by atoms with van der Waals surface area (Å²) in [6.07, 6.45) is -6.01. The first kappa shape index (κ1) is 8.76. The molecule has 1 rings (SSSR count). The summed E-state index contributed by atoms with van der Waals surface area (Å²) in [4.78, 5) is 0. The van der Waals surface area contributed by atoms with Gasteiger partial charge in [0.25, 0.3) is 0 Å². The Labute approximate surface area is 61.9 Å². The van der Waals surface area contributed by atoms with Crippen molar-refractivity contribution in [3.8, 4) is 0 Å². The van der Waals surface area contributed by atoms with Crippen molar-refractivity contribution in [3.05, 3.63) is 0 Å². The van der Waals surface area contributed by atoms with Gasteiger partial charge in [-0.05, 0) is 0 Å². The van der Waals surface area contributed by atoms with Crippen LogP contribution in [0, 0.1) is 0 Å². The van der Waals surface area contributed by atoms with Gasteiger partial charge in [0.15, 0.2) is 6.10 Å². The van der Waals surface area contributed by atoms with Crippen LogP contribution in [0.25, 0.3) is 0 Å². The third-order valence-electron chi connectivity index (χ3n) is 1.46. The maximum absolute atomic E-state index is 11.9. The Morgan fingerprint density at radius 1 is 1.45 bits per heavy atom. The number of rotatable bonds is 0. The molecule has 0 aliphatic carbocycles. The van der Waals surface area contributed by atoms with Crippen molar-refractivity contribution in [2.75, 3.05) is 19.7 Å². The van der Waals surface area contributed by atoms with Crippen molar-refractivity contribution in [2.24, 2.45) is 5.84 Å². The van der Waals surface area contributed by atoms with Crippen LogP contribution in [0.4, 0.5) is 13.2 Å². The summed E-state index contributed by atoms with van der Waals surface area (Å²) in [5.41, 5.74) is 0. The molecule has 1 heterocycles. The van der Waals surface area contributed by atoms with E-state index in [9.17, 15) is 13.2 Å². The molecule has 6 heteroatoms. The van der Waals surface area contributed by atoms with Gasteiger partial charge in [-0.2, -0.15) is 13.2 Å². The minimum absolute atomic E-state index is 0.0423. The topological polar surface area (TPSA) is 38.5 Å². The Morgan fingerprint density at radius 3 is 2.45 bits per heavy atom. The lowest BCUT2D eigenvalue weighted by atomic mass is 10.3. The van der Waals surface area contributed by atoms with Crippen LogP contribution in [0.2, 0.25) is 0 Å². The van der Waals surface area contributed by atoms with E-state index in [1.54, 1.807) is 0 Å². The summed E-state index contributed by atoms with van der Waals surface area (Å²) in [5, 5.41) is 1.11. The largest absolute Gasteiger partial charge is 0.415 e. The molecule has 0 aromatic carbocycles. The Hall–Kier alpha value is -0.330. The normalized spacial score (nSPS) is 28.9. The van der Waals surface area contributed by atoms with E-state index in [0.717, 1.165) is 5.01 Å². The van der Waals surface area contributed by atoms with E-state index >= 15 is 0 Å². The number of hydrogen-bond donors (Lipinski definition) is 1. The summed E-state index contributed by atoms with van der Waals surface area (Å²) >= 11 is 0. The third kappa shape index (κ3) is 2.32. The van der Waals surface area contributed by atoms with E-state index in [1.165, 1.54) is 0 Å². The standard InChI is InChI=1S/C5H9F3N2O/c6-5(7,8)4-3-10(9)1-2-11-4/h4H,1-3,9H2. The molecule has 1 unspecified atom stereocenters. The summed E-state index contributed by atoms with van der Waals surface area (Å²) in [5.74, 6) is 5.18. The fraction of sp³-hybridized carbons (Fsp3) is 1.00. The van der Waals surface area contributed by atoms with E-state index in [2.05, 4.69) is 4.74 Å². The van der Waals surface area contributed by atoms with Crippen molar-refractivity contribution in [1.29, 1.82) is 0 Å². The molecule has 0 aromatic rings. The van der Waals surface area contributed by atoms with Crippen LogP contribution in [0.1, 0.15) is 0 Å². The van der Waals surface area contributed by atoms with E-state index in [4.69, 9.17) is 5.84 Å². The maximum atomic E-state index is 11.9. The number of hydrogen-bond acceptors (Lipinski definition) is 3. The fourth-order valence-electron chi connectivity index (χ4n) is 0.867. The predicted molar refractivity (Wildman–Crippen MR) is 31.6 cm³/mol. The Morgan fingerprint density at radius 2 is 2.09 bits per heavy atom. The van der Waals surface area contributed by atoms with Gasteiger partial charge in [-0.3, -0.25) is 5.84 Å². The van der Waals surface area contributed by atoms with E-state index in [0.29, 0.717) is 6.54 Å². The molecule has 66 valence electrons. The van der Waals surface area contributed by atoms with Crippen LogP contribution >= 0.6 is 0 Å². The van der Waals surface area contributed by atoms with Crippen molar-refractivity contribution in [2.45, 2.75) is 12.3 Å². The highest BCUT2D eigenvalue weighted by Crippen LogP contribution is 2.24. The van der Waals surface area contributed by atoms with Crippen LogP contribution in [-0.4, -0.2) is 37.0 Å². The van der Waals surface area contributed by atoms with Gasteiger partial charge in [0.1, 0.15) is 0 Å². The number of alkyl halides is 3.